The molecule has 0 heterocycles. The fraction of sp³-hybridized carbons (Fsp3) is 0.269. The van der Waals surface area contributed by atoms with E-state index in [0.717, 1.165) is 22.8 Å². The molecule has 6 nitrogen and oxygen atoms in total. The van der Waals surface area contributed by atoms with Crippen LogP contribution in [0.15, 0.2) is 72.8 Å². The summed E-state index contributed by atoms with van der Waals surface area (Å²) in [5.74, 6) is 1.99. The molecule has 32 heavy (non-hydrogen) atoms. The lowest BCUT2D eigenvalue weighted by atomic mass is 9.96. The van der Waals surface area contributed by atoms with E-state index in [0.29, 0.717) is 30.9 Å². The van der Waals surface area contributed by atoms with Gasteiger partial charge in [-0.1, -0.05) is 30.3 Å². The van der Waals surface area contributed by atoms with E-state index in [9.17, 15) is 9.90 Å². The number of aliphatic carboxylic acids is 1. The number of benzene rings is 3. The van der Waals surface area contributed by atoms with Crippen LogP contribution in [0.3, 0.4) is 0 Å². The lowest BCUT2D eigenvalue weighted by Gasteiger charge is -2.23. The highest BCUT2D eigenvalue weighted by molar-refractivity contribution is 5.79. The Labute approximate surface area is 188 Å². The third-order valence-corrected chi connectivity index (χ3v) is 5.16. The second-order valence-electron chi connectivity index (χ2n) is 7.46. The van der Waals surface area contributed by atoms with Crippen LogP contribution < -0.4 is 14.2 Å². The summed E-state index contributed by atoms with van der Waals surface area (Å²) in [5, 5.41) is 9.37. The van der Waals surface area contributed by atoms with Gasteiger partial charge in [-0.15, -0.1) is 0 Å². The third-order valence-electron chi connectivity index (χ3n) is 5.16. The van der Waals surface area contributed by atoms with E-state index in [-0.39, 0.29) is 0 Å². The molecule has 0 fully saturated rings. The predicted octanol–water partition coefficient (Wildman–Crippen LogP) is 5.58. The van der Waals surface area contributed by atoms with Crippen molar-refractivity contribution in [3.63, 3.8) is 0 Å². The molecule has 1 N–H and O–H groups in total. The number of hydrogen-bond donors (Lipinski definition) is 1. The van der Waals surface area contributed by atoms with Crippen LogP contribution in [0.1, 0.15) is 24.5 Å². The Hall–Kier alpha value is -3.51. The Morgan fingerprint density at radius 3 is 2.16 bits per heavy atom. The van der Waals surface area contributed by atoms with Crippen molar-refractivity contribution in [2.24, 2.45) is 0 Å². The molecule has 0 unspecified atom stereocenters. The quantitative estimate of drug-likeness (QED) is 0.396. The van der Waals surface area contributed by atoms with Gasteiger partial charge in [0.15, 0.2) is 5.60 Å². The van der Waals surface area contributed by atoms with Crippen LogP contribution in [-0.4, -0.2) is 31.4 Å². The average Bonchev–Trinajstić information content (AvgIpc) is 2.80. The number of carboxylic acid groups (broad SMARTS) is 1. The average molecular weight is 437 g/mol. The molecule has 0 saturated carbocycles. The first-order valence-corrected chi connectivity index (χ1v) is 10.4. The molecule has 0 aliphatic carbocycles. The zero-order valence-electron chi connectivity index (χ0n) is 18.5. The minimum absolute atomic E-state index is 0.480. The van der Waals surface area contributed by atoms with Gasteiger partial charge in [0.05, 0.1) is 13.2 Å². The van der Waals surface area contributed by atoms with Crippen LogP contribution in [0.25, 0.3) is 0 Å². The van der Waals surface area contributed by atoms with E-state index >= 15 is 0 Å². The summed E-state index contributed by atoms with van der Waals surface area (Å²) >= 11 is 0. The standard InChI is InChI=1S/C26H28O6/c1-19-18-23(32-22-8-5-4-6-9-22)14-15-24(19)31-17-7-16-30-21-12-10-20(11-13-21)26(2,29-3)25(27)28/h4-6,8-15,18H,7,16-17H2,1-3H3,(H,27,28)/t26-/m0/s1. The molecule has 0 amide bonds. The number of para-hydroxylation sites is 1. The van der Waals surface area contributed by atoms with E-state index in [1.807, 2.05) is 55.5 Å². The molecule has 3 aromatic rings. The van der Waals surface area contributed by atoms with Crippen LogP contribution in [0.4, 0.5) is 0 Å². The molecule has 168 valence electrons. The SMILES string of the molecule is CO[C@](C)(C(=O)O)c1ccc(OCCCOc2ccc(Oc3ccccc3)cc2C)cc1. The summed E-state index contributed by atoms with van der Waals surface area (Å²) in [6.45, 7) is 4.49. The Bertz CT molecular complexity index is 1020. The van der Waals surface area contributed by atoms with Crippen LogP contribution in [-0.2, 0) is 15.1 Å². The fourth-order valence-corrected chi connectivity index (χ4v) is 3.10. The normalized spacial score (nSPS) is 12.6. The van der Waals surface area contributed by atoms with E-state index in [1.54, 1.807) is 24.3 Å². The van der Waals surface area contributed by atoms with Gasteiger partial charge in [-0.25, -0.2) is 4.79 Å². The summed E-state index contributed by atoms with van der Waals surface area (Å²) in [4.78, 5) is 11.4. The van der Waals surface area contributed by atoms with Gasteiger partial charge in [0.2, 0.25) is 0 Å². The molecular weight excluding hydrogens is 408 g/mol. The Balaban J connectivity index is 1.44. The number of hydrogen-bond acceptors (Lipinski definition) is 5. The minimum Gasteiger partial charge on any atom is -0.493 e. The molecule has 0 radical (unpaired) electrons. The first-order chi connectivity index (χ1) is 15.4. The Morgan fingerprint density at radius 2 is 1.53 bits per heavy atom. The molecule has 0 bridgehead atoms. The van der Waals surface area contributed by atoms with Crippen LogP contribution in [0, 0.1) is 6.92 Å². The van der Waals surface area contributed by atoms with Gasteiger partial charge in [0, 0.05) is 13.5 Å². The summed E-state index contributed by atoms with van der Waals surface area (Å²) in [6.07, 6.45) is 0.703. The molecule has 0 aliphatic heterocycles. The van der Waals surface area contributed by atoms with Crippen molar-refractivity contribution >= 4 is 5.97 Å². The number of ether oxygens (including phenoxy) is 4. The maximum atomic E-state index is 11.4. The molecule has 0 aromatic heterocycles. The first-order valence-electron chi connectivity index (χ1n) is 10.4. The first kappa shape index (κ1) is 23.2. The number of aryl methyl sites for hydroxylation is 1. The fourth-order valence-electron chi connectivity index (χ4n) is 3.10. The molecule has 3 aromatic carbocycles. The smallest absolute Gasteiger partial charge is 0.340 e. The van der Waals surface area contributed by atoms with E-state index in [2.05, 4.69) is 0 Å². The molecular formula is C26H28O6. The summed E-state index contributed by atoms with van der Waals surface area (Å²) < 4.78 is 22.6. The highest BCUT2D eigenvalue weighted by Crippen LogP contribution is 2.28. The molecule has 1 atom stereocenters. The largest absolute Gasteiger partial charge is 0.493 e. The van der Waals surface area contributed by atoms with Gasteiger partial charge >= 0.3 is 5.97 Å². The second-order valence-corrected chi connectivity index (χ2v) is 7.46. The van der Waals surface area contributed by atoms with Crippen molar-refractivity contribution in [1.29, 1.82) is 0 Å². The highest BCUT2D eigenvalue weighted by atomic mass is 16.5. The van der Waals surface area contributed by atoms with Gasteiger partial charge in [-0.2, -0.15) is 0 Å². The van der Waals surface area contributed by atoms with Crippen LogP contribution in [0.2, 0.25) is 0 Å². The number of rotatable bonds is 11. The summed E-state index contributed by atoms with van der Waals surface area (Å²) in [7, 11) is 1.38. The van der Waals surface area contributed by atoms with Crippen molar-refractivity contribution in [2.45, 2.75) is 25.9 Å². The topological polar surface area (TPSA) is 74.2 Å². The number of methoxy groups -OCH3 is 1. The minimum atomic E-state index is -1.38. The van der Waals surface area contributed by atoms with Crippen molar-refractivity contribution in [1.82, 2.24) is 0 Å². The van der Waals surface area contributed by atoms with E-state index in [1.165, 1.54) is 14.0 Å². The molecule has 6 heteroatoms. The summed E-state index contributed by atoms with van der Waals surface area (Å²) in [6, 6.07) is 22.3. The van der Waals surface area contributed by atoms with Crippen molar-refractivity contribution in [3.8, 4) is 23.0 Å². The lowest BCUT2D eigenvalue weighted by molar-refractivity contribution is -0.161. The second kappa shape index (κ2) is 10.7. The highest BCUT2D eigenvalue weighted by Gasteiger charge is 2.35. The monoisotopic (exact) mass is 436 g/mol. The van der Waals surface area contributed by atoms with Gasteiger partial charge in [-0.05, 0) is 67.4 Å². The Morgan fingerprint density at radius 1 is 0.875 bits per heavy atom. The van der Waals surface area contributed by atoms with Gasteiger partial charge < -0.3 is 24.1 Å². The van der Waals surface area contributed by atoms with Crippen molar-refractivity contribution in [2.75, 3.05) is 20.3 Å². The Kier molecular flexibility index (Phi) is 7.73. The van der Waals surface area contributed by atoms with Crippen LogP contribution >= 0.6 is 0 Å². The zero-order chi connectivity index (χ0) is 23.0. The lowest BCUT2D eigenvalue weighted by Crippen LogP contribution is -2.34. The van der Waals surface area contributed by atoms with Gasteiger partial charge in [-0.3, -0.25) is 0 Å². The van der Waals surface area contributed by atoms with Crippen LogP contribution in [0.5, 0.6) is 23.0 Å². The number of carbonyl (C=O) groups is 1. The van der Waals surface area contributed by atoms with Crippen molar-refractivity contribution in [3.05, 3.63) is 83.9 Å². The van der Waals surface area contributed by atoms with Gasteiger partial charge in [0.1, 0.15) is 23.0 Å². The maximum Gasteiger partial charge on any atom is 0.340 e. The van der Waals surface area contributed by atoms with Gasteiger partial charge in [0.25, 0.3) is 0 Å². The molecule has 0 aliphatic rings. The maximum absolute atomic E-state index is 11.4. The molecule has 0 spiro atoms. The van der Waals surface area contributed by atoms with E-state index < -0.39 is 11.6 Å². The third kappa shape index (κ3) is 5.80. The van der Waals surface area contributed by atoms with E-state index in [4.69, 9.17) is 18.9 Å². The summed E-state index contributed by atoms with van der Waals surface area (Å²) in [5.41, 5.74) is 0.166. The zero-order valence-corrected chi connectivity index (χ0v) is 18.5. The number of carboxylic acids is 1. The predicted molar refractivity (Wildman–Crippen MR) is 122 cm³/mol. The molecule has 3 rings (SSSR count). The molecule has 0 saturated heterocycles. The van der Waals surface area contributed by atoms with Crippen molar-refractivity contribution < 1.29 is 28.8 Å².